The van der Waals surface area contributed by atoms with Crippen LogP contribution in [0.25, 0.3) is 11.1 Å². The number of nitrogens with zero attached hydrogens (tertiary/aromatic N) is 1. The topological polar surface area (TPSA) is 63.2 Å². The van der Waals surface area contributed by atoms with E-state index >= 15 is 0 Å². The third kappa shape index (κ3) is 3.07. The summed E-state index contributed by atoms with van der Waals surface area (Å²) in [5.41, 5.74) is 4.02. The number of carbonyl (C=O) groups excluding carboxylic acids is 1. The van der Waals surface area contributed by atoms with E-state index in [1.54, 1.807) is 6.20 Å². The smallest absolute Gasteiger partial charge is 0.319 e. The summed E-state index contributed by atoms with van der Waals surface area (Å²) in [6.07, 6.45) is 9.45. The van der Waals surface area contributed by atoms with Crippen LogP contribution in [0.3, 0.4) is 0 Å². The van der Waals surface area contributed by atoms with Crippen molar-refractivity contribution in [2.75, 3.05) is 5.32 Å². The zero-order valence-electron chi connectivity index (χ0n) is 13.5. The van der Waals surface area contributed by atoms with E-state index in [1.807, 2.05) is 30.5 Å². The lowest BCUT2D eigenvalue weighted by atomic mass is 9.96. The molecule has 2 aliphatic rings. The summed E-state index contributed by atoms with van der Waals surface area (Å²) in [5.74, 6) is 0.796. The summed E-state index contributed by atoms with van der Waals surface area (Å²) in [5, 5.41) is 5.98. The normalized spacial score (nSPS) is 16.5. The molecule has 1 aliphatic carbocycles. The molecular formula is C19H21N3O2. The zero-order valence-corrected chi connectivity index (χ0v) is 13.5. The Balaban J connectivity index is 1.47. The summed E-state index contributed by atoms with van der Waals surface area (Å²) >= 11 is 0. The molecule has 0 saturated heterocycles. The molecule has 2 aromatic rings. The highest BCUT2D eigenvalue weighted by atomic mass is 16.5. The quantitative estimate of drug-likeness (QED) is 0.875. The Morgan fingerprint density at radius 2 is 2.00 bits per heavy atom. The number of carbonyl (C=O) groups is 1. The van der Waals surface area contributed by atoms with Crippen molar-refractivity contribution in [3.05, 3.63) is 42.2 Å². The van der Waals surface area contributed by atoms with Crippen LogP contribution in [0.1, 0.15) is 37.7 Å². The lowest BCUT2D eigenvalue weighted by Crippen LogP contribution is -2.39. The summed E-state index contributed by atoms with van der Waals surface area (Å²) in [6, 6.07) is 7.95. The maximum absolute atomic E-state index is 12.2. The van der Waals surface area contributed by atoms with Gasteiger partial charge >= 0.3 is 6.03 Å². The molecule has 2 N–H and O–H groups in total. The van der Waals surface area contributed by atoms with Gasteiger partial charge in [-0.2, -0.15) is 0 Å². The SMILES string of the molecule is O=C(Nc1ccc2c(c1)OCc1cnccc1-2)NC1CCCCC1. The highest BCUT2D eigenvalue weighted by Crippen LogP contribution is 2.38. The van der Waals surface area contributed by atoms with Gasteiger partial charge in [0.05, 0.1) is 0 Å². The number of benzene rings is 1. The van der Waals surface area contributed by atoms with E-state index in [4.69, 9.17) is 4.74 Å². The molecule has 0 spiro atoms. The van der Waals surface area contributed by atoms with E-state index < -0.39 is 0 Å². The monoisotopic (exact) mass is 323 g/mol. The number of ether oxygens (including phenoxy) is 1. The molecule has 124 valence electrons. The fraction of sp³-hybridized carbons (Fsp3) is 0.368. The Hall–Kier alpha value is -2.56. The summed E-state index contributed by atoms with van der Waals surface area (Å²) in [4.78, 5) is 16.3. The molecule has 0 atom stereocenters. The van der Waals surface area contributed by atoms with Crippen LogP contribution in [0.15, 0.2) is 36.7 Å². The van der Waals surface area contributed by atoms with E-state index in [2.05, 4.69) is 15.6 Å². The Kier molecular flexibility index (Phi) is 4.07. The summed E-state index contributed by atoms with van der Waals surface area (Å²) in [6.45, 7) is 0.508. The first-order valence-electron chi connectivity index (χ1n) is 8.57. The number of anilines is 1. The second-order valence-electron chi connectivity index (χ2n) is 6.47. The van der Waals surface area contributed by atoms with Gasteiger partial charge in [0.2, 0.25) is 0 Å². The Morgan fingerprint density at radius 3 is 2.88 bits per heavy atom. The maximum atomic E-state index is 12.2. The molecule has 4 rings (SSSR count). The lowest BCUT2D eigenvalue weighted by Gasteiger charge is -2.23. The van der Waals surface area contributed by atoms with Gasteiger partial charge in [0.15, 0.2) is 0 Å². The molecule has 0 bridgehead atoms. The van der Waals surface area contributed by atoms with Crippen LogP contribution < -0.4 is 15.4 Å². The van der Waals surface area contributed by atoms with E-state index in [0.717, 1.165) is 41.0 Å². The van der Waals surface area contributed by atoms with Crippen LogP contribution in [0, 0.1) is 0 Å². The molecule has 5 heteroatoms. The number of pyridine rings is 1. The molecule has 24 heavy (non-hydrogen) atoms. The maximum Gasteiger partial charge on any atom is 0.319 e. The minimum absolute atomic E-state index is 0.137. The summed E-state index contributed by atoms with van der Waals surface area (Å²) < 4.78 is 5.81. The van der Waals surface area contributed by atoms with Gasteiger partial charge in [-0.3, -0.25) is 4.98 Å². The molecule has 2 heterocycles. The lowest BCUT2D eigenvalue weighted by molar-refractivity contribution is 0.244. The van der Waals surface area contributed by atoms with Gasteiger partial charge in [-0.25, -0.2) is 4.79 Å². The van der Waals surface area contributed by atoms with Crippen LogP contribution >= 0.6 is 0 Å². The predicted octanol–water partition coefficient (Wildman–Crippen LogP) is 4.10. The second kappa shape index (κ2) is 6.51. The van der Waals surface area contributed by atoms with Crippen molar-refractivity contribution in [2.45, 2.75) is 44.8 Å². The fourth-order valence-corrected chi connectivity index (χ4v) is 3.50. The van der Waals surface area contributed by atoms with Crippen LogP contribution in [0.2, 0.25) is 0 Å². The molecular weight excluding hydrogens is 302 g/mol. The standard InChI is InChI=1S/C19H21N3O2/c23-19(21-14-4-2-1-3-5-14)22-15-6-7-17-16-8-9-20-11-13(16)12-24-18(17)10-15/h6-11,14H,1-5,12H2,(H2,21,22,23). The average Bonchev–Trinajstić information content (AvgIpc) is 2.62. The van der Waals surface area contributed by atoms with Crippen LogP contribution in [-0.2, 0) is 6.61 Å². The molecule has 5 nitrogen and oxygen atoms in total. The van der Waals surface area contributed by atoms with Gasteiger partial charge in [-0.1, -0.05) is 19.3 Å². The Morgan fingerprint density at radius 1 is 1.12 bits per heavy atom. The van der Waals surface area contributed by atoms with Crippen molar-refractivity contribution < 1.29 is 9.53 Å². The third-order valence-electron chi connectivity index (χ3n) is 4.76. The zero-order chi connectivity index (χ0) is 16.4. The van der Waals surface area contributed by atoms with Crippen molar-refractivity contribution >= 4 is 11.7 Å². The van der Waals surface area contributed by atoms with Crippen molar-refractivity contribution in [1.29, 1.82) is 0 Å². The number of nitrogens with one attached hydrogen (secondary N) is 2. The first-order chi connectivity index (χ1) is 11.8. The second-order valence-corrected chi connectivity index (χ2v) is 6.47. The molecule has 1 fully saturated rings. The van der Waals surface area contributed by atoms with Crippen LogP contribution in [0.4, 0.5) is 10.5 Å². The number of urea groups is 1. The van der Waals surface area contributed by atoms with Crippen LogP contribution in [-0.4, -0.2) is 17.1 Å². The van der Waals surface area contributed by atoms with Gasteiger partial charge in [0.25, 0.3) is 0 Å². The van der Waals surface area contributed by atoms with E-state index in [9.17, 15) is 4.79 Å². The van der Waals surface area contributed by atoms with Crippen LogP contribution in [0.5, 0.6) is 5.75 Å². The van der Waals surface area contributed by atoms with Crippen molar-refractivity contribution in [3.63, 3.8) is 0 Å². The number of aromatic nitrogens is 1. The highest BCUT2D eigenvalue weighted by Gasteiger charge is 2.19. The highest BCUT2D eigenvalue weighted by molar-refractivity contribution is 5.90. The van der Waals surface area contributed by atoms with Gasteiger partial charge in [0.1, 0.15) is 12.4 Å². The first kappa shape index (κ1) is 15.0. The number of fused-ring (bicyclic) bond motifs is 3. The number of amides is 2. The van der Waals surface area contributed by atoms with Gasteiger partial charge < -0.3 is 15.4 Å². The average molecular weight is 323 g/mol. The largest absolute Gasteiger partial charge is 0.488 e. The molecule has 0 radical (unpaired) electrons. The van der Waals surface area contributed by atoms with E-state index in [-0.39, 0.29) is 6.03 Å². The molecule has 1 aliphatic heterocycles. The number of hydrogen-bond acceptors (Lipinski definition) is 3. The van der Waals surface area contributed by atoms with Gasteiger partial charge in [0, 0.05) is 41.3 Å². The van der Waals surface area contributed by atoms with Crippen molar-refractivity contribution in [2.24, 2.45) is 0 Å². The molecule has 1 aromatic carbocycles. The van der Waals surface area contributed by atoms with E-state index in [0.29, 0.717) is 12.6 Å². The molecule has 1 saturated carbocycles. The van der Waals surface area contributed by atoms with Crippen molar-refractivity contribution in [3.8, 4) is 16.9 Å². The number of rotatable bonds is 2. The van der Waals surface area contributed by atoms with Gasteiger partial charge in [-0.15, -0.1) is 0 Å². The first-order valence-corrected chi connectivity index (χ1v) is 8.57. The van der Waals surface area contributed by atoms with Crippen molar-refractivity contribution in [1.82, 2.24) is 10.3 Å². The third-order valence-corrected chi connectivity index (χ3v) is 4.76. The van der Waals surface area contributed by atoms with Gasteiger partial charge in [-0.05, 0) is 36.6 Å². The fourth-order valence-electron chi connectivity index (χ4n) is 3.50. The Labute approximate surface area is 141 Å². The predicted molar refractivity (Wildman–Crippen MR) is 93.0 cm³/mol. The van der Waals surface area contributed by atoms with E-state index in [1.165, 1.54) is 19.3 Å². The molecule has 1 aromatic heterocycles. The minimum Gasteiger partial charge on any atom is -0.488 e. The minimum atomic E-state index is -0.137. The summed E-state index contributed by atoms with van der Waals surface area (Å²) in [7, 11) is 0. The Bertz CT molecular complexity index is 754. The molecule has 0 unspecified atom stereocenters. The molecule has 2 amide bonds. The number of hydrogen-bond donors (Lipinski definition) is 2.